The molecule has 34 heavy (non-hydrogen) atoms. The minimum Gasteiger partial charge on any atom is -0.381 e. The number of carbonyl (C=O) groups excluding carboxylic acids is 1. The summed E-state index contributed by atoms with van der Waals surface area (Å²) in [5, 5.41) is 12.4. The van der Waals surface area contributed by atoms with E-state index in [4.69, 9.17) is 4.74 Å². The first kappa shape index (κ1) is 23.8. The highest BCUT2D eigenvalue weighted by Gasteiger charge is 2.58. The van der Waals surface area contributed by atoms with Crippen LogP contribution < -0.4 is 5.32 Å². The van der Waals surface area contributed by atoms with Crippen molar-refractivity contribution in [1.29, 1.82) is 5.26 Å². The van der Waals surface area contributed by atoms with Gasteiger partial charge in [-0.05, 0) is 124 Å². The molecule has 1 aromatic carbocycles. The monoisotopic (exact) mass is 466 g/mol. The number of benzene rings is 1. The van der Waals surface area contributed by atoms with Gasteiger partial charge in [-0.1, -0.05) is 6.92 Å². The quantitative estimate of drug-likeness (QED) is 0.535. The van der Waals surface area contributed by atoms with Crippen molar-refractivity contribution in [2.45, 2.75) is 71.6 Å². The van der Waals surface area contributed by atoms with E-state index in [9.17, 15) is 14.4 Å². The van der Waals surface area contributed by atoms with E-state index in [0.29, 0.717) is 11.6 Å². The van der Waals surface area contributed by atoms with Crippen molar-refractivity contribution in [3.8, 4) is 6.07 Å². The van der Waals surface area contributed by atoms with Crippen LogP contribution >= 0.6 is 0 Å². The predicted octanol–water partition coefficient (Wildman–Crippen LogP) is 6.56. The van der Waals surface area contributed by atoms with Crippen LogP contribution in [0.1, 0.15) is 77.2 Å². The van der Waals surface area contributed by atoms with Gasteiger partial charge in [-0.3, -0.25) is 4.79 Å². The highest BCUT2D eigenvalue weighted by Crippen LogP contribution is 2.64. The molecule has 0 bridgehead atoms. The molecule has 4 saturated carbocycles. The molecular formula is C29H39FN2O2. The van der Waals surface area contributed by atoms with E-state index in [1.807, 2.05) is 6.07 Å². The third-order valence-electron chi connectivity index (χ3n) is 10.3. The molecule has 1 aromatic rings. The molecule has 4 aliphatic rings. The molecule has 0 spiro atoms. The fourth-order valence-electron chi connectivity index (χ4n) is 8.75. The van der Waals surface area contributed by atoms with Crippen LogP contribution in [0.3, 0.4) is 0 Å². The van der Waals surface area contributed by atoms with Crippen molar-refractivity contribution >= 4 is 11.6 Å². The first-order chi connectivity index (χ1) is 16.4. The molecule has 184 valence electrons. The Labute approximate surface area is 203 Å². The van der Waals surface area contributed by atoms with E-state index in [-0.39, 0.29) is 22.8 Å². The number of carbonyl (C=O) groups is 1. The van der Waals surface area contributed by atoms with Crippen molar-refractivity contribution in [3.63, 3.8) is 0 Å². The van der Waals surface area contributed by atoms with E-state index in [1.54, 1.807) is 0 Å². The number of ether oxygens (including phenoxy) is 1. The van der Waals surface area contributed by atoms with Gasteiger partial charge >= 0.3 is 0 Å². The average molecular weight is 467 g/mol. The first-order valence-corrected chi connectivity index (χ1v) is 13.5. The molecule has 0 heterocycles. The summed E-state index contributed by atoms with van der Waals surface area (Å²) in [6, 6.07) is 6.03. The molecule has 5 heteroatoms. The van der Waals surface area contributed by atoms with Gasteiger partial charge in [0.1, 0.15) is 11.9 Å². The second-order valence-electron chi connectivity index (χ2n) is 11.7. The van der Waals surface area contributed by atoms with E-state index in [1.165, 1.54) is 56.7 Å². The highest BCUT2D eigenvalue weighted by molar-refractivity contribution is 5.94. The minimum absolute atomic E-state index is 0.0108. The number of rotatable bonds is 5. The zero-order valence-electron chi connectivity index (χ0n) is 20.7. The van der Waals surface area contributed by atoms with Crippen LogP contribution in [0.4, 0.5) is 10.1 Å². The lowest BCUT2D eigenvalue weighted by atomic mass is 9.49. The molecule has 0 aliphatic heterocycles. The fraction of sp³-hybridized carbons (Fsp3) is 0.724. The third-order valence-corrected chi connectivity index (χ3v) is 10.3. The Morgan fingerprint density at radius 1 is 1.15 bits per heavy atom. The largest absolute Gasteiger partial charge is 0.381 e. The van der Waals surface area contributed by atoms with Crippen molar-refractivity contribution < 1.29 is 13.9 Å². The average Bonchev–Trinajstić information content (AvgIpc) is 3.20. The Bertz CT molecular complexity index is 958. The topological polar surface area (TPSA) is 62.1 Å². The summed E-state index contributed by atoms with van der Waals surface area (Å²) in [4.78, 5) is 13.4. The van der Waals surface area contributed by atoms with Crippen LogP contribution in [0.15, 0.2) is 18.2 Å². The summed E-state index contributed by atoms with van der Waals surface area (Å²) in [7, 11) is 0. The van der Waals surface area contributed by atoms with Gasteiger partial charge in [-0.15, -0.1) is 0 Å². The maximum atomic E-state index is 13.5. The molecule has 4 fully saturated rings. The molecule has 1 amide bonds. The number of hydrogen-bond acceptors (Lipinski definition) is 3. The van der Waals surface area contributed by atoms with Gasteiger partial charge in [0.05, 0.1) is 11.3 Å². The number of anilines is 1. The van der Waals surface area contributed by atoms with Gasteiger partial charge in [0.15, 0.2) is 0 Å². The van der Waals surface area contributed by atoms with E-state index in [2.05, 4.69) is 19.2 Å². The molecule has 4 nitrogen and oxygen atoms in total. The summed E-state index contributed by atoms with van der Waals surface area (Å²) in [6.07, 6.45) is 11.1. The Morgan fingerprint density at radius 2 is 1.97 bits per heavy atom. The third kappa shape index (κ3) is 4.17. The SMILES string of the molecule is CCOC[C@H]1CCC2C(CCC3C2CCC2(C)C3CC[C@@H]2C(=O)Nc2ccc(F)cc2C#N)C1. The van der Waals surface area contributed by atoms with Crippen molar-refractivity contribution in [3.05, 3.63) is 29.6 Å². The Hall–Kier alpha value is -1.93. The standard InChI is InChI=1S/C29H39FN2O2/c1-3-34-17-18-4-7-22-19(14-18)5-8-24-23(22)12-13-29(2)25(24)9-10-26(29)28(33)32-27-11-6-21(30)15-20(27)16-31/h6,11,15,18-19,22-26H,3-5,7-10,12-14,17H2,1-2H3,(H,32,33)/t18-,19?,22?,23?,24?,25?,26+,29?/m0/s1. The zero-order chi connectivity index (χ0) is 23.9. The van der Waals surface area contributed by atoms with Gasteiger partial charge in [-0.25, -0.2) is 4.39 Å². The normalized spacial score (nSPS) is 38.8. The molecule has 0 aromatic heterocycles. The van der Waals surface area contributed by atoms with Crippen LogP contribution in [0.2, 0.25) is 0 Å². The Kier molecular flexibility index (Phi) is 6.73. The van der Waals surface area contributed by atoms with Crippen LogP contribution in [0, 0.1) is 64.0 Å². The van der Waals surface area contributed by atoms with Crippen LogP contribution in [0.5, 0.6) is 0 Å². The first-order valence-electron chi connectivity index (χ1n) is 13.5. The van der Waals surface area contributed by atoms with E-state index < -0.39 is 5.82 Å². The number of amides is 1. The second-order valence-corrected chi connectivity index (χ2v) is 11.7. The van der Waals surface area contributed by atoms with Gasteiger partial charge in [0, 0.05) is 19.1 Å². The predicted molar refractivity (Wildman–Crippen MR) is 130 cm³/mol. The number of halogens is 1. The maximum absolute atomic E-state index is 13.5. The van der Waals surface area contributed by atoms with Crippen LogP contribution in [-0.2, 0) is 9.53 Å². The summed E-state index contributed by atoms with van der Waals surface area (Å²) in [5.41, 5.74) is 0.644. The Morgan fingerprint density at radius 3 is 2.76 bits per heavy atom. The maximum Gasteiger partial charge on any atom is 0.228 e. The van der Waals surface area contributed by atoms with E-state index in [0.717, 1.165) is 62.1 Å². The molecule has 0 radical (unpaired) electrons. The molecule has 6 unspecified atom stereocenters. The Balaban J connectivity index is 1.27. The fourth-order valence-corrected chi connectivity index (χ4v) is 8.75. The molecular weight excluding hydrogens is 427 g/mol. The van der Waals surface area contributed by atoms with Gasteiger partial charge in [0.25, 0.3) is 0 Å². The summed E-state index contributed by atoms with van der Waals surface area (Å²) in [5.74, 6) is 4.20. The molecule has 4 aliphatic carbocycles. The highest BCUT2D eigenvalue weighted by atomic mass is 19.1. The van der Waals surface area contributed by atoms with Crippen LogP contribution in [-0.4, -0.2) is 19.1 Å². The zero-order valence-corrected chi connectivity index (χ0v) is 20.7. The number of nitrogens with one attached hydrogen (secondary N) is 1. The van der Waals surface area contributed by atoms with Crippen molar-refractivity contribution in [2.75, 3.05) is 18.5 Å². The van der Waals surface area contributed by atoms with Gasteiger partial charge < -0.3 is 10.1 Å². The number of nitrogens with zero attached hydrogens (tertiary/aromatic N) is 1. The van der Waals surface area contributed by atoms with E-state index >= 15 is 0 Å². The lowest BCUT2D eigenvalue weighted by Gasteiger charge is -2.56. The second kappa shape index (κ2) is 9.61. The lowest BCUT2D eigenvalue weighted by Crippen LogP contribution is -2.50. The number of fused-ring (bicyclic) bond motifs is 5. The molecule has 0 saturated heterocycles. The number of nitriles is 1. The lowest BCUT2D eigenvalue weighted by molar-refractivity contribution is -0.127. The van der Waals surface area contributed by atoms with Gasteiger partial charge in [0.2, 0.25) is 5.91 Å². The van der Waals surface area contributed by atoms with Crippen molar-refractivity contribution in [1.82, 2.24) is 0 Å². The molecule has 8 atom stereocenters. The number of hydrogen-bond donors (Lipinski definition) is 1. The van der Waals surface area contributed by atoms with Crippen LogP contribution in [0.25, 0.3) is 0 Å². The summed E-state index contributed by atoms with van der Waals surface area (Å²) >= 11 is 0. The smallest absolute Gasteiger partial charge is 0.228 e. The van der Waals surface area contributed by atoms with Crippen molar-refractivity contribution in [2.24, 2.45) is 46.8 Å². The molecule has 5 rings (SSSR count). The summed E-state index contributed by atoms with van der Waals surface area (Å²) < 4.78 is 19.3. The molecule has 1 N–H and O–H groups in total. The van der Waals surface area contributed by atoms with Gasteiger partial charge in [-0.2, -0.15) is 5.26 Å². The summed E-state index contributed by atoms with van der Waals surface area (Å²) in [6.45, 7) is 6.20. The minimum atomic E-state index is -0.455.